The van der Waals surface area contributed by atoms with Crippen molar-refractivity contribution in [3.63, 3.8) is 0 Å². The van der Waals surface area contributed by atoms with E-state index in [1.807, 2.05) is 24.3 Å². The molecule has 0 N–H and O–H groups in total. The highest BCUT2D eigenvalue weighted by atomic mass is 28.4. The van der Waals surface area contributed by atoms with Crippen LogP contribution >= 0.6 is 0 Å². The fourth-order valence-corrected chi connectivity index (χ4v) is 2.79. The first-order valence-corrected chi connectivity index (χ1v) is 10.4. The van der Waals surface area contributed by atoms with E-state index in [1.54, 1.807) is 14.0 Å². The Balaban J connectivity index is 3.06. The molecule has 116 valence electrons. The van der Waals surface area contributed by atoms with Gasteiger partial charge >= 0.3 is 5.97 Å². The Labute approximate surface area is 127 Å². The highest BCUT2D eigenvalue weighted by molar-refractivity contribution is 6.69. The number of rotatable bonds is 7. The lowest BCUT2D eigenvalue weighted by Crippen LogP contribution is -2.30. The Morgan fingerprint density at radius 1 is 1.24 bits per heavy atom. The van der Waals surface area contributed by atoms with Crippen molar-refractivity contribution in [3.8, 4) is 5.75 Å². The molecular weight excluding hydrogens is 284 g/mol. The third-order valence-electron chi connectivity index (χ3n) is 2.74. The summed E-state index contributed by atoms with van der Waals surface area (Å²) in [6.45, 7) is 12.2. The van der Waals surface area contributed by atoms with Gasteiger partial charge in [0.2, 0.25) is 0 Å². The first kappa shape index (κ1) is 17.5. The summed E-state index contributed by atoms with van der Waals surface area (Å²) >= 11 is 0. The van der Waals surface area contributed by atoms with E-state index >= 15 is 0 Å². The molecule has 0 bridgehead atoms. The molecule has 0 aliphatic heterocycles. The molecule has 0 fully saturated rings. The Morgan fingerprint density at radius 2 is 1.81 bits per heavy atom. The van der Waals surface area contributed by atoms with Crippen LogP contribution in [0.5, 0.6) is 5.75 Å². The Kier molecular flexibility index (Phi) is 6.17. The first-order valence-electron chi connectivity index (χ1n) is 6.96. The molecular formula is C16H24O4Si. The number of benzene rings is 1. The summed E-state index contributed by atoms with van der Waals surface area (Å²) in [5.74, 6) is 0.337. The van der Waals surface area contributed by atoms with E-state index in [2.05, 4.69) is 26.2 Å². The van der Waals surface area contributed by atoms with E-state index in [9.17, 15) is 4.79 Å². The zero-order valence-electron chi connectivity index (χ0n) is 13.4. The van der Waals surface area contributed by atoms with Crippen molar-refractivity contribution in [2.75, 3.05) is 13.7 Å². The lowest BCUT2D eigenvalue weighted by Gasteiger charge is -2.27. The van der Waals surface area contributed by atoms with Gasteiger partial charge in [0.05, 0.1) is 19.3 Å². The molecule has 5 heteroatoms. The van der Waals surface area contributed by atoms with Crippen LogP contribution in [0.3, 0.4) is 0 Å². The fraction of sp³-hybridized carbons (Fsp3) is 0.438. The number of methoxy groups -OCH3 is 1. The molecule has 1 unspecified atom stereocenters. The second kappa shape index (κ2) is 7.43. The molecule has 0 radical (unpaired) electrons. The molecule has 0 saturated heterocycles. The summed E-state index contributed by atoms with van der Waals surface area (Å²) in [7, 11) is -0.243. The molecule has 0 amide bonds. The van der Waals surface area contributed by atoms with Crippen molar-refractivity contribution in [2.45, 2.75) is 32.7 Å². The molecule has 0 aromatic heterocycles. The maximum atomic E-state index is 12.0. The predicted molar refractivity (Wildman–Crippen MR) is 85.9 cm³/mol. The van der Waals surface area contributed by atoms with Crippen LogP contribution in [-0.2, 0) is 14.0 Å². The maximum Gasteiger partial charge on any atom is 0.336 e. The monoisotopic (exact) mass is 308 g/mol. The molecule has 0 saturated carbocycles. The standard InChI is InChI=1S/C16H24O4Si/c1-7-19-16(17)12(2)15(20-21(4,5)6)13-8-10-14(18-3)11-9-13/h8-11,15H,2,7H2,1,3-6H3. The smallest absolute Gasteiger partial charge is 0.336 e. The zero-order valence-corrected chi connectivity index (χ0v) is 14.4. The summed E-state index contributed by atoms with van der Waals surface area (Å²) in [5, 5.41) is 0. The van der Waals surface area contributed by atoms with E-state index in [4.69, 9.17) is 13.9 Å². The van der Waals surface area contributed by atoms with E-state index in [-0.39, 0.29) is 0 Å². The van der Waals surface area contributed by atoms with Crippen LogP contribution in [0.1, 0.15) is 18.6 Å². The van der Waals surface area contributed by atoms with Gasteiger partial charge < -0.3 is 13.9 Å². The van der Waals surface area contributed by atoms with E-state index in [0.717, 1.165) is 11.3 Å². The molecule has 1 rings (SSSR count). The summed E-state index contributed by atoms with van der Waals surface area (Å²) in [4.78, 5) is 12.0. The van der Waals surface area contributed by atoms with Gasteiger partial charge in [-0.15, -0.1) is 0 Å². The lowest BCUT2D eigenvalue weighted by atomic mass is 10.0. The quantitative estimate of drug-likeness (QED) is 0.437. The van der Waals surface area contributed by atoms with Crippen molar-refractivity contribution in [3.05, 3.63) is 42.0 Å². The van der Waals surface area contributed by atoms with Gasteiger partial charge in [0.25, 0.3) is 0 Å². The van der Waals surface area contributed by atoms with E-state index < -0.39 is 20.4 Å². The van der Waals surface area contributed by atoms with Gasteiger partial charge in [0.15, 0.2) is 8.32 Å². The van der Waals surface area contributed by atoms with Gasteiger partial charge in [-0.1, -0.05) is 18.7 Å². The normalized spacial score (nSPS) is 12.6. The van der Waals surface area contributed by atoms with Gasteiger partial charge in [-0.3, -0.25) is 0 Å². The maximum absolute atomic E-state index is 12.0. The summed E-state index contributed by atoms with van der Waals surface area (Å²) < 4.78 is 16.3. The first-order chi connectivity index (χ1) is 9.78. The van der Waals surface area contributed by atoms with E-state index in [0.29, 0.717) is 12.2 Å². The van der Waals surface area contributed by atoms with Crippen molar-refractivity contribution < 1.29 is 18.7 Å². The molecule has 1 aromatic carbocycles. The van der Waals surface area contributed by atoms with Gasteiger partial charge in [0, 0.05) is 0 Å². The van der Waals surface area contributed by atoms with Gasteiger partial charge in [-0.05, 0) is 44.3 Å². The SMILES string of the molecule is C=C(C(=O)OCC)C(O[Si](C)(C)C)c1ccc(OC)cc1. The highest BCUT2D eigenvalue weighted by Crippen LogP contribution is 2.30. The third kappa shape index (κ3) is 5.36. The second-order valence-electron chi connectivity index (χ2n) is 5.63. The third-order valence-corrected chi connectivity index (χ3v) is 3.69. The Bertz CT molecular complexity index is 488. The van der Waals surface area contributed by atoms with Crippen molar-refractivity contribution in [1.82, 2.24) is 0 Å². The highest BCUT2D eigenvalue weighted by Gasteiger charge is 2.28. The molecule has 0 aliphatic carbocycles. The minimum atomic E-state index is -1.86. The molecule has 0 heterocycles. The number of hydrogen-bond donors (Lipinski definition) is 0. The minimum absolute atomic E-state index is 0.320. The summed E-state index contributed by atoms with van der Waals surface area (Å²) in [6.07, 6.45) is -0.485. The number of carbonyl (C=O) groups is 1. The molecule has 21 heavy (non-hydrogen) atoms. The number of hydrogen-bond acceptors (Lipinski definition) is 4. The van der Waals surface area contributed by atoms with Crippen molar-refractivity contribution in [1.29, 1.82) is 0 Å². The van der Waals surface area contributed by atoms with Crippen molar-refractivity contribution in [2.24, 2.45) is 0 Å². The van der Waals surface area contributed by atoms with Crippen LogP contribution in [0.25, 0.3) is 0 Å². The molecule has 0 aliphatic rings. The number of esters is 1. The lowest BCUT2D eigenvalue weighted by molar-refractivity contribution is -0.139. The van der Waals surface area contributed by atoms with Gasteiger partial charge in [-0.25, -0.2) is 4.79 Å². The van der Waals surface area contributed by atoms with Crippen LogP contribution < -0.4 is 4.74 Å². The van der Waals surface area contributed by atoms with Crippen LogP contribution in [0.2, 0.25) is 19.6 Å². The number of carbonyl (C=O) groups excluding carboxylic acids is 1. The Hall–Kier alpha value is -1.59. The van der Waals surface area contributed by atoms with Crippen LogP contribution in [-0.4, -0.2) is 28.0 Å². The van der Waals surface area contributed by atoms with Gasteiger partial charge in [-0.2, -0.15) is 0 Å². The largest absolute Gasteiger partial charge is 0.497 e. The van der Waals surface area contributed by atoms with Gasteiger partial charge in [0.1, 0.15) is 11.9 Å². The fourth-order valence-electron chi connectivity index (χ4n) is 1.80. The van der Waals surface area contributed by atoms with Crippen LogP contribution in [0.15, 0.2) is 36.4 Å². The predicted octanol–water partition coefficient (Wildman–Crippen LogP) is 3.71. The van der Waals surface area contributed by atoms with Crippen molar-refractivity contribution >= 4 is 14.3 Å². The average molecular weight is 308 g/mol. The average Bonchev–Trinajstić information content (AvgIpc) is 2.43. The van der Waals surface area contributed by atoms with E-state index in [1.165, 1.54) is 0 Å². The molecule has 1 atom stereocenters. The number of ether oxygens (including phenoxy) is 2. The molecule has 0 spiro atoms. The van der Waals surface area contributed by atoms with Crippen LogP contribution in [0, 0.1) is 0 Å². The zero-order chi connectivity index (χ0) is 16.0. The second-order valence-corrected chi connectivity index (χ2v) is 10.1. The molecule has 1 aromatic rings. The minimum Gasteiger partial charge on any atom is -0.497 e. The molecule has 4 nitrogen and oxygen atoms in total. The Morgan fingerprint density at radius 3 is 2.24 bits per heavy atom. The summed E-state index contributed by atoms with van der Waals surface area (Å²) in [5.41, 5.74) is 1.20. The summed E-state index contributed by atoms with van der Waals surface area (Å²) in [6, 6.07) is 7.45. The topological polar surface area (TPSA) is 44.8 Å². The van der Waals surface area contributed by atoms with Crippen LogP contribution in [0.4, 0.5) is 0 Å².